The van der Waals surface area contributed by atoms with Crippen molar-refractivity contribution >= 4 is 23.1 Å². The van der Waals surface area contributed by atoms with E-state index in [0.717, 1.165) is 18.8 Å². The molecule has 2 aromatic carbocycles. The molecule has 0 amide bonds. The fourth-order valence-electron chi connectivity index (χ4n) is 3.30. The van der Waals surface area contributed by atoms with Gasteiger partial charge >= 0.3 is 0 Å². The smallest absolute Gasteiger partial charge is 0.0992 e. The van der Waals surface area contributed by atoms with Gasteiger partial charge in [0.2, 0.25) is 0 Å². The Hall–Kier alpha value is -2.00. The van der Waals surface area contributed by atoms with E-state index < -0.39 is 0 Å². The van der Waals surface area contributed by atoms with Crippen molar-refractivity contribution in [3.05, 3.63) is 48.0 Å². The topological polar surface area (TPSA) is 50.5 Å². The molecule has 0 unspecified atom stereocenters. The number of nitriles is 1. The highest BCUT2D eigenvalue weighted by Crippen LogP contribution is 2.49. The number of hydrogen-bond acceptors (Lipinski definition) is 5. The van der Waals surface area contributed by atoms with Crippen LogP contribution < -0.4 is 4.90 Å². The third kappa shape index (κ3) is 3.67. The van der Waals surface area contributed by atoms with Gasteiger partial charge in [0.25, 0.3) is 0 Å². The second-order valence-electron chi connectivity index (χ2n) is 6.20. The van der Waals surface area contributed by atoms with Crippen LogP contribution in [0.4, 0.5) is 11.4 Å². The van der Waals surface area contributed by atoms with Crippen molar-refractivity contribution in [2.75, 3.05) is 31.1 Å². The minimum absolute atomic E-state index is 0.169. The van der Waals surface area contributed by atoms with E-state index in [1.54, 1.807) is 11.8 Å². The first-order valence-electron chi connectivity index (χ1n) is 8.61. The highest BCUT2D eigenvalue weighted by Gasteiger charge is 2.28. The van der Waals surface area contributed by atoms with Gasteiger partial charge in [0.1, 0.15) is 0 Å². The van der Waals surface area contributed by atoms with Gasteiger partial charge in [0.15, 0.2) is 0 Å². The number of aliphatic hydroxyl groups excluding tert-OH is 1. The second-order valence-corrected chi connectivity index (χ2v) is 7.28. The number of hydrogen-bond donors (Lipinski definition) is 1. The van der Waals surface area contributed by atoms with E-state index in [-0.39, 0.29) is 12.6 Å². The summed E-state index contributed by atoms with van der Waals surface area (Å²) in [5.74, 6) is 0. The van der Waals surface area contributed by atoms with Gasteiger partial charge in [-0.05, 0) is 43.8 Å². The minimum Gasteiger partial charge on any atom is -0.395 e. The molecule has 0 saturated heterocycles. The third-order valence-electron chi connectivity index (χ3n) is 4.52. The van der Waals surface area contributed by atoms with Crippen molar-refractivity contribution in [1.29, 1.82) is 5.26 Å². The molecule has 0 aliphatic carbocycles. The van der Waals surface area contributed by atoms with Crippen LogP contribution in [0.25, 0.3) is 0 Å². The molecule has 0 saturated carbocycles. The summed E-state index contributed by atoms with van der Waals surface area (Å²) in [7, 11) is 0. The van der Waals surface area contributed by atoms with Crippen LogP contribution in [-0.4, -0.2) is 42.3 Å². The van der Waals surface area contributed by atoms with Crippen LogP contribution in [-0.2, 0) is 0 Å². The number of benzene rings is 2. The fraction of sp³-hybridized carbons (Fsp3) is 0.350. The van der Waals surface area contributed by atoms with Gasteiger partial charge in [-0.15, -0.1) is 0 Å². The Morgan fingerprint density at radius 1 is 1.20 bits per heavy atom. The Balaban J connectivity index is 2.01. The summed E-state index contributed by atoms with van der Waals surface area (Å²) in [6, 6.07) is 16.8. The Labute approximate surface area is 153 Å². The van der Waals surface area contributed by atoms with Crippen LogP contribution in [0.2, 0.25) is 0 Å². The zero-order chi connectivity index (χ0) is 17.8. The lowest BCUT2D eigenvalue weighted by Crippen LogP contribution is -2.42. The molecular weight excluding hydrogens is 330 g/mol. The molecule has 0 radical (unpaired) electrons. The molecule has 0 spiro atoms. The largest absolute Gasteiger partial charge is 0.395 e. The Morgan fingerprint density at radius 2 is 1.96 bits per heavy atom. The fourth-order valence-corrected chi connectivity index (χ4v) is 4.35. The Morgan fingerprint density at radius 3 is 2.68 bits per heavy atom. The molecule has 0 fully saturated rings. The van der Waals surface area contributed by atoms with E-state index in [9.17, 15) is 10.4 Å². The molecule has 3 rings (SSSR count). The summed E-state index contributed by atoms with van der Waals surface area (Å²) < 4.78 is 0. The summed E-state index contributed by atoms with van der Waals surface area (Å²) in [5, 5.41) is 18.6. The quantitative estimate of drug-likeness (QED) is 0.854. The first kappa shape index (κ1) is 17.8. The summed E-state index contributed by atoms with van der Waals surface area (Å²) >= 11 is 1.75. The molecule has 1 heterocycles. The lowest BCUT2D eigenvalue weighted by molar-refractivity contribution is 0.196. The average molecular weight is 353 g/mol. The van der Waals surface area contributed by atoms with E-state index in [2.05, 4.69) is 54.0 Å². The van der Waals surface area contributed by atoms with Crippen molar-refractivity contribution < 1.29 is 5.11 Å². The van der Waals surface area contributed by atoms with Gasteiger partial charge in [-0.2, -0.15) is 5.26 Å². The van der Waals surface area contributed by atoms with E-state index in [0.29, 0.717) is 12.1 Å². The molecule has 1 aliphatic rings. The molecule has 2 aromatic rings. The van der Waals surface area contributed by atoms with E-state index in [1.807, 2.05) is 18.2 Å². The van der Waals surface area contributed by atoms with Crippen molar-refractivity contribution in [3.63, 3.8) is 0 Å². The predicted molar refractivity (Wildman–Crippen MR) is 103 cm³/mol. The molecular formula is C20H23N3OS. The van der Waals surface area contributed by atoms with Crippen molar-refractivity contribution in [2.45, 2.75) is 29.7 Å². The molecule has 25 heavy (non-hydrogen) atoms. The van der Waals surface area contributed by atoms with Gasteiger partial charge in [0, 0.05) is 28.9 Å². The van der Waals surface area contributed by atoms with Crippen molar-refractivity contribution in [3.8, 4) is 6.07 Å². The lowest BCUT2D eigenvalue weighted by atomic mass is 10.1. The zero-order valence-corrected chi connectivity index (χ0v) is 15.5. The second kappa shape index (κ2) is 7.92. The van der Waals surface area contributed by atoms with Crippen molar-refractivity contribution in [1.82, 2.24) is 4.90 Å². The Kier molecular flexibility index (Phi) is 5.64. The first-order chi connectivity index (χ1) is 12.2. The minimum atomic E-state index is 0.169. The van der Waals surface area contributed by atoms with Crippen LogP contribution in [0.5, 0.6) is 0 Å². The van der Waals surface area contributed by atoms with Crippen LogP contribution in [0.3, 0.4) is 0 Å². The molecule has 1 N–H and O–H groups in total. The summed E-state index contributed by atoms with van der Waals surface area (Å²) in [6.07, 6.45) is 0. The highest BCUT2D eigenvalue weighted by atomic mass is 32.2. The summed E-state index contributed by atoms with van der Waals surface area (Å²) in [4.78, 5) is 7.00. The first-order valence-corrected chi connectivity index (χ1v) is 9.43. The van der Waals surface area contributed by atoms with E-state index in [1.165, 1.54) is 15.5 Å². The molecule has 5 heteroatoms. The van der Waals surface area contributed by atoms with Gasteiger partial charge in [-0.25, -0.2) is 0 Å². The zero-order valence-electron chi connectivity index (χ0n) is 14.6. The summed E-state index contributed by atoms with van der Waals surface area (Å²) in [6.45, 7) is 6.92. The number of anilines is 2. The molecule has 0 aromatic heterocycles. The predicted octanol–water partition coefficient (Wildman–Crippen LogP) is 3.86. The maximum absolute atomic E-state index is 9.30. The summed E-state index contributed by atoms with van der Waals surface area (Å²) in [5.41, 5.74) is 2.96. The molecule has 0 bridgehead atoms. The van der Waals surface area contributed by atoms with Gasteiger partial charge in [-0.3, -0.25) is 4.90 Å². The Bertz CT molecular complexity index is 787. The SMILES string of the molecule is CCN(CCO)C[C@@H](C)N1c2ccccc2Sc2ccc(C#N)cc21. The standard InChI is InChI=1S/C20H23N3OS/c1-3-22(10-11-24)14-15(2)23-17-6-4-5-7-19(17)25-20-9-8-16(13-21)12-18(20)23/h4-9,12,15,24H,3,10-11,14H2,1-2H3/t15-/m1/s1. The number of likely N-dealkylation sites (N-methyl/N-ethyl adjacent to an activating group) is 1. The maximum Gasteiger partial charge on any atom is 0.0992 e. The number of fused-ring (bicyclic) bond motifs is 2. The van der Waals surface area contributed by atoms with Gasteiger partial charge in [-0.1, -0.05) is 30.8 Å². The van der Waals surface area contributed by atoms with Crippen LogP contribution in [0.15, 0.2) is 52.3 Å². The normalized spacial score (nSPS) is 14.0. The van der Waals surface area contributed by atoms with Gasteiger partial charge in [0.05, 0.1) is 29.6 Å². The van der Waals surface area contributed by atoms with E-state index >= 15 is 0 Å². The van der Waals surface area contributed by atoms with Crippen LogP contribution >= 0.6 is 11.8 Å². The number of aliphatic hydroxyl groups is 1. The molecule has 130 valence electrons. The van der Waals surface area contributed by atoms with Gasteiger partial charge < -0.3 is 10.0 Å². The van der Waals surface area contributed by atoms with Crippen LogP contribution in [0.1, 0.15) is 19.4 Å². The third-order valence-corrected chi connectivity index (χ3v) is 5.65. The lowest BCUT2D eigenvalue weighted by Gasteiger charge is -2.39. The van der Waals surface area contributed by atoms with E-state index in [4.69, 9.17) is 0 Å². The highest BCUT2D eigenvalue weighted by molar-refractivity contribution is 7.99. The monoisotopic (exact) mass is 353 g/mol. The molecule has 4 nitrogen and oxygen atoms in total. The average Bonchev–Trinajstić information content (AvgIpc) is 2.65. The van der Waals surface area contributed by atoms with Crippen LogP contribution in [0, 0.1) is 11.3 Å². The molecule has 1 atom stereocenters. The number of nitrogens with zero attached hydrogens (tertiary/aromatic N) is 3. The van der Waals surface area contributed by atoms with Crippen molar-refractivity contribution in [2.24, 2.45) is 0 Å². The number of para-hydroxylation sites is 1. The maximum atomic E-state index is 9.30. The number of rotatable bonds is 6. The molecule has 1 aliphatic heterocycles.